The predicted octanol–water partition coefficient (Wildman–Crippen LogP) is 10.1. The predicted molar refractivity (Wildman–Crippen MR) is 175 cm³/mol. The molecule has 2 aliphatic carbocycles. The molecule has 2 saturated carbocycles. The van der Waals surface area contributed by atoms with Crippen LogP contribution in [-0.2, 0) is 16.0 Å². The summed E-state index contributed by atoms with van der Waals surface area (Å²) < 4.78 is 5.63. The van der Waals surface area contributed by atoms with E-state index in [4.69, 9.17) is 4.74 Å². The Kier molecular flexibility index (Phi) is 13.2. The molecule has 0 spiro atoms. The molecular formula is C39H56O3. The van der Waals surface area contributed by atoms with E-state index in [2.05, 4.69) is 62.0 Å². The first-order valence-electron chi connectivity index (χ1n) is 17.2. The Morgan fingerprint density at radius 2 is 1.43 bits per heavy atom. The zero-order valence-electron chi connectivity index (χ0n) is 26.5. The fraction of sp³-hybridized carbons (Fsp3) is 0.615. The molecule has 1 atom stereocenters. The van der Waals surface area contributed by atoms with Crippen LogP contribution in [0.2, 0.25) is 0 Å². The van der Waals surface area contributed by atoms with Crippen LogP contribution in [0.15, 0.2) is 60.7 Å². The standard InChI is InChI=1S/C39H56O3/c1-4-6-7-9-30-10-12-31(13-11-30)32-14-16-33(17-15-32)34-18-20-35(21-19-34)36-22-24-37(25-23-36)38(26-27-40)28-42-39(41)29(3)8-5-2/h10-17,34-38,40H,3-9,18-28H2,1-2H3. The van der Waals surface area contributed by atoms with Gasteiger partial charge < -0.3 is 9.84 Å². The summed E-state index contributed by atoms with van der Waals surface area (Å²) in [7, 11) is 0. The van der Waals surface area contributed by atoms with Crippen molar-refractivity contribution in [1.29, 1.82) is 0 Å². The normalized spacial score (nSPS) is 23.3. The lowest BCUT2D eigenvalue weighted by Crippen LogP contribution is -2.30. The lowest BCUT2D eigenvalue weighted by molar-refractivity contribution is -0.141. The van der Waals surface area contributed by atoms with E-state index in [0.29, 0.717) is 30.4 Å². The Morgan fingerprint density at radius 3 is 2.00 bits per heavy atom. The summed E-state index contributed by atoms with van der Waals surface area (Å²) in [4.78, 5) is 12.3. The van der Waals surface area contributed by atoms with E-state index < -0.39 is 0 Å². The van der Waals surface area contributed by atoms with Gasteiger partial charge in [0.05, 0.1) is 6.61 Å². The lowest BCUT2D eigenvalue weighted by Gasteiger charge is -2.39. The first-order chi connectivity index (χ1) is 20.5. The highest BCUT2D eigenvalue weighted by atomic mass is 16.5. The van der Waals surface area contributed by atoms with Crippen LogP contribution in [-0.4, -0.2) is 24.3 Å². The van der Waals surface area contributed by atoms with E-state index in [1.807, 2.05) is 6.92 Å². The van der Waals surface area contributed by atoms with Crippen molar-refractivity contribution in [3.63, 3.8) is 0 Å². The molecule has 2 fully saturated rings. The van der Waals surface area contributed by atoms with Crippen LogP contribution >= 0.6 is 0 Å². The second-order valence-corrected chi connectivity index (χ2v) is 13.3. The number of aliphatic hydroxyl groups is 1. The summed E-state index contributed by atoms with van der Waals surface area (Å²) in [5, 5.41) is 9.66. The van der Waals surface area contributed by atoms with Crippen molar-refractivity contribution in [2.75, 3.05) is 13.2 Å². The van der Waals surface area contributed by atoms with Gasteiger partial charge in [0.1, 0.15) is 0 Å². The van der Waals surface area contributed by atoms with Gasteiger partial charge in [-0.1, -0.05) is 88.2 Å². The quantitative estimate of drug-likeness (QED) is 0.131. The van der Waals surface area contributed by atoms with Gasteiger partial charge in [-0.2, -0.15) is 0 Å². The van der Waals surface area contributed by atoms with Gasteiger partial charge in [0.15, 0.2) is 0 Å². The largest absolute Gasteiger partial charge is 0.462 e. The topological polar surface area (TPSA) is 46.5 Å². The van der Waals surface area contributed by atoms with Crippen molar-refractivity contribution in [3.8, 4) is 11.1 Å². The number of rotatable bonds is 15. The molecule has 2 aliphatic rings. The van der Waals surface area contributed by atoms with Crippen LogP contribution in [0.25, 0.3) is 11.1 Å². The van der Waals surface area contributed by atoms with E-state index in [0.717, 1.165) is 24.7 Å². The van der Waals surface area contributed by atoms with Crippen molar-refractivity contribution in [1.82, 2.24) is 0 Å². The second kappa shape index (κ2) is 17.0. The maximum Gasteiger partial charge on any atom is 0.333 e. The molecule has 1 N–H and O–H groups in total. The van der Waals surface area contributed by atoms with E-state index >= 15 is 0 Å². The summed E-state index contributed by atoms with van der Waals surface area (Å²) >= 11 is 0. The third kappa shape index (κ3) is 9.30. The molecule has 0 bridgehead atoms. The number of hydrogen-bond acceptors (Lipinski definition) is 3. The number of unbranched alkanes of at least 4 members (excludes halogenated alkanes) is 2. The Morgan fingerprint density at radius 1 is 0.833 bits per heavy atom. The van der Waals surface area contributed by atoms with Gasteiger partial charge in [0.25, 0.3) is 0 Å². The monoisotopic (exact) mass is 572 g/mol. The van der Waals surface area contributed by atoms with E-state index in [1.165, 1.54) is 99.3 Å². The fourth-order valence-electron chi connectivity index (χ4n) is 7.71. The van der Waals surface area contributed by atoms with Crippen LogP contribution in [0.4, 0.5) is 0 Å². The molecule has 0 heterocycles. The highest BCUT2D eigenvalue weighted by Gasteiger charge is 2.34. The third-order valence-corrected chi connectivity index (χ3v) is 10.4. The van der Waals surface area contributed by atoms with Gasteiger partial charge in [-0.3, -0.25) is 0 Å². The molecule has 0 radical (unpaired) electrons. The number of esters is 1. The number of carbonyl (C=O) groups excluding carboxylic acids is 1. The molecule has 42 heavy (non-hydrogen) atoms. The van der Waals surface area contributed by atoms with E-state index in [1.54, 1.807) is 0 Å². The lowest BCUT2D eigenvalue weighted by atomic mass is 9.66. The van der Waals surface area contributed by atoms with Crippen molar-refractivity contribution in [3.05, 3.63) is 71.8 Å². The van der Waals surface area contributed by atoms with Crippen molar-refractivity contribution < 1.29 is 14.6 Å². The van der Waals surface area contributed by atoms with Gasteiger partial charge in [0.2, 0.25) is 0 Å². The van der Waals surface area contributed by atoms with Crippen molar-refractivity contribution in [2.24, 2.45) is 23.7 Å². The number of hydrogen-bond donors (Lipinski definition) is 1. The average molecular weight is 573 g/mol. The van der Waals surface area contributed by atoms with Crippen LogP contribution in [0.5, 0.6) is 0 Å². The molecule has 0 aromatic heterocycles. The molecule has 4 rings (SSSR count). The molecule has 2 aromatic carbocycles. The van der Waals surface area contributed by atoms with E-state index in [-0.39, 0.29) is 18.5 Å². The molecule has 1 unspecified atom stereocenters. The molecular weight excluding hydrogens is 516 g/mol. The number of ether oxygens (including phenoxy) is 1. The first-order valence-corrected chi connectivity index (χ1v) is 17.2. The van der Waals surface area contributed by atoms with Crippen molar-refractivity contribution >= 4 is 5.97 Å². The third-order valence-electron chi connectivity index (χ3n) is 10.4. The fourth-order valence-corrected chi connectivity index (χ4v) is 7.71. The summed E-state index contributed by atoms with van der Waals surface area (Å²) in [5.74, 6) is 2.93. The van der Waals surface area contributed by atoms with Crippen LogP contribution in [0, 0.1) is 23.7 Å². The Labute approximate surface area is 256 Å². The zero-order chi connectivity index (χ0) is 29.7. The maximum absolute atomic E-state index is 12.3. The van der Waals surface area contributed by atoms with Gasteiger partial charge in [0, 0.05) is 12.2 Å². The first kappa shape index (κ1) is 32.5. The number of aryl methyl sites for hydroxylation is 1. The Balaban J connectivity index is 1.21. The smallest absolute Gasteiger partial charge is 0.333 e. The minimum Gasteiger partial charge on any atom is -0.462 e. The van der Waals surface area contributed by atoms with Crippen molar-refractivity contribution in [2.45, 2.75) is 116 Å². The number of aliphatic hydroxyl groups excluding tert-OH is 1. The van der Waals surface area contributed by atoms with E-state index in [9.17, 15) is 9.90 Å². The minimum absolute atomic E-state index is 0.161. The Hall–Kier alpha value is -2.39. The van der Waals surface area contributed by atoms with Crippen LogP contribution in [0.1, 0.15) is 121 Å². The highest BCUT2D eigenvalue weighted by Crippen LogP contribution is 2.45. The van der Waals surface area contributed by atoms with Gasteiger partial charge >= 0.3 is 5.97 Å². The summed E-state index contributed by atoms with van der Waals surface area (Å²) in [6.45, 7) is 8.76. The van der Waals surface area contributed by atoms with Gasteiger partial charge in [-0.15, -0.1) is 0 Å². The van der Waals surface area contributed by atoms with Gasteiger partial charge in [-0.25, -0.2) is 4.79 Å². The maximum atomic E-state index is 12.3. The SMILES string of the molecule is C=C(CCC)C(=O)OCC(CCO)C1CCC(C2CCC(c3ccc(-c4ccc(CCCCC)cc4)cc3)CC2)CC1. The van der Waals surface area contributed by atoms with Crippen LogP contribution < -0.4 is 0 Å². The molecule has 3 heteroatoms. The van der Waals surface area contributed by atoms with Crippen LogP contribution in [0.3, 0.4) is 0 Å². The van der Waals surface area contributed by atoms with Gasteiger partial charge in [-0.05, 0) is 129 Å². The molecule has 0 amide bonds. The molecule has 2 aromatic rings. The number of benzene rings is 2. The molecule has 0 saturated heterocycles. The molecule has 0 aliphatic heterocycles. The Bertz CT molecular complexity index is 1070. The summed E-state index contributed by atoms with van der Waals surface area (Å²) in [5.41, 5.74) is 6.18. The summed E-state index contributed by atoms with van der Waals surface area (Å²) in [6.07, 6.45) is 17.6. The zero-order valence-corrected chi connectivity index (χ0v) is 26.5. The molecule has 230 valence electrons. The number of carbonyl (C=O) groups is 1. The highest BCUT2D eigenvalue weighted by molar-refractivity contribution is 5.87. The minimum atomic E-state index is -0.258. The average Bonchev–Trinajstić information content (AvgIpc) is 3.04. The summed E-state index contributed by atoms with van der Waals surface area (Å²) in [6, 6.07) is 18.6. The second-order valence-electron chi connectivity index (χ2n) is 13.3. The molecule has 3 nitrogen and oxygen atoms in total.